The van der Waals surface area contributed by atoms with Gasteiger partial charge in [-0.25, -0.2) is 4.57 Å². The number of hydrogen-bond acceptors (Lipinski definition) is 2. The molecule has 4 nitrogen and oxygen atoms in total. The molecule has 1 atom stereocenters. The Morgan fingerprint density at radius 3 is 2.11 bits per heavy atom. The van der Waals surface area contributed by atoms with Crippen LogP contribution in [0.1, 0.15) is 53.1 Å². The van der Waals surface area contributed by atoms with Gasteiger partial charge in [-0.1, -0.05) is 57.2 Å². The third-order valence-electron chi connectivity index (χ3n) is 5.86. The minimum atomic E-state index is -0.125. The topological polar surface area (TPSA) is 46.1 Å². The van der Waals surface area contributed by atoms with Crippen LogP contribution in [0.4, 0.5) is 0 Å². The second kappa shape index (κ2) is 12.5. The summed E-state index contributed by atoms with van der Waals surface area (Å²) in [6.07, 6.45) is 1.17. The zero-order chi connectivity index (χ0) is 24.8. The number of carbonyl (C=O) groups is 1. The number of hydrogen-bond donors (Lipinski definition) is 1. The number of aliphatic hydroxyl groups excluding tert-OH is 1. The molecule has 1 radical (unpaired) electrons. The van der Waals surface area contributed by atoms with E-state index in [2.05, 4.69) is 102 Å². The Morgan fingerprint density at radius 2 is 1.51 bits per heavy atom. The van der Waals surface area contributed by atoms with Crippen molar-refractivity contribution in [1.82, 2.24) is 4.57 Å². The van der Waals surface area contributed by atoms with Gasteiger partial charge in [-0.05, 0) is 50.6 Å². The van der Waals surface area contributed by atoms with Crippen LogP contribution < -0.4 is 4.57 Å². The Balaban J connectivity index is 0.000000377. The fourth-order valence-corrected chi connectivity index (χ4v) is 4.41. The van der Waals surface area contributed by atoms with E-state index in [0.29, 0.717) is 6.04 Å². The number of fused-ring (bicyclic) bond motifs is 5. The van der Waals surface area contributed by atoms with Gasteiger partial charge in [0.2, 0.25) is 5.82 Å². The molecule has 0 amide bonds. The van der Waals surface area contributed by atoms with Crippen LogP contribution in [0.5, 0.6) is 0 Å². The molecule has 0 spiro atoms. The van der Waals surface area contributed by atoms with Gasteiger partial charge >= 0.3 is 0 Å². The fraction of sp³-hybridized carbons (Fsp3) is 0.233. The standard InChI is InChI=1S/C23H20N2.C5H8O2.C2H6.Ir/c1-16-17(2)24-21-14-8-9-15-22(21)25(18-10-4-3-5-11-18)23(24)20-13-7-6-12-19(16)20;1-4(6)3-5(2)7;1-2;/h3-15,17H,1-2H3;3,6H,1-2H3;1-2H3;/b;4-3-;;. The minimum Gasteiger partial charge on any atom is -0.512 e. The van der Waals surface area contributed by atoms with Crippen LogP contribution in [0.3, 0.4) is 0 Å². The third-order valence-corrected chi connectivity index (χ3v) is 5.86. The Bertz CT molecular complexity index is 1300. The number of imidazole rings is 1. The number of carbonyl (C=O) groups excluding carboxylic acids is 1. The van der Waals surface area contributed by atoms with Crippen molar-refractivity contribution in [3.05, 3.63) is 102 Å². The summed E-state index contributed by atoms with van der Waals surface area (Å²) in [6.45, 7) is 11.4. The first-order valence-electron chi connectivity index (χ1n) is 11.8. The van der Waals surface area contributed by atoms with Gasteiger partial charge in [0.15, 0.2) is 16.8 Å². The second-order valence-corrected chi connectivity index (χ2v) is 8.15. The summed E-state index contributed by atoms with van der Waals surface area (Å²) in [5, 5.41) is 8.36. The van der Waals surface area contributed by atoms with Gasteiger partial charge in [0.25, 0.3) is 0 Å². The normalized spacial score (nSPS) is 13.8. The van der Waals surface area contributed by atoms with E-state index in [4.69, 9.17) is 5.11 Å². The molecular formula is C30H34IrN2O2. The van der Waals surface area contributed by atoms with E-state index >= 15 is 0 Å². The maximum atomic E-state index is 10.0. The minimum absolute atomic E-state index is 0. The van der Waals surface area contributed by atoms with Crippen LogP contribution >= 0.6 is 0 Å². The van der Waals surface area contributed by atoms with Crippen LogP contribution in [0, 0.1) is 5.92 Å². The summed E-state index contributed by atoms with van der Waals surface area (Å²) in [4.78, 5) is 10.0. The maximum absolute atomic E-state index is 10.0. The SMILES string of the molecule is CC.CC(=O)/C=C(/C)O.C[C-]1c2ccccc2-c2n(-c3ccccc3)c3ccccc3[n+]2C1C.[Ir]. The van der Waals surface area contributed by atoms with Crippen LogP contribution in [0.15, 0.2) is 90.7 Å². The first-order valence-corrected chi connectivity index (χ1v) is 11.8. The van der Waals surface area contributed by atoms with Crippen molar-refractivity contribution < 1.29 is 34.6 Å². The summed E-state index contributed by atoms with van der Waals surface area (Å²) in [5.41, 5.74) is 6.39. The third kappa shape index (κ3) is 5.75. The number of para-hydroxylation sites is 3. The predicted molar refractivity (Wildman–Crippen MR) is 140 cm³/mol. The second-order valence-electron chi connectivity index (χ2n) is 8.15. The van der Waals surface area contributed by atoms with Crippen LogP contribution in [-0.4, -0.2) is 15.5 Å². The van der Waals surface area contributed by atoms with Gasteiger partial charge in [0.05, 0.1) is 11.8 Å². The zero-order valence-corrected chi connectivity index (χ0v) is 23.6. The first kappa shape index (κ1) is 28.1. The average Bonchev–Trinajstić information content (AvgIpc) is 3.19. The van der Waals surface area contributed by atoms with E-state index in [1.54, 1.807) is 0 Å². The van der Waals surface area contributed by atoms with Crippen molar-refractivity contribution in [3.8, 4) is 17.1 Å². The van der Waals surface area contributed by atoms with Crippen molar-refractivity contribution >= 4 is 16.8 Å². The van der Waals surface area contributed by atoms with Gasteiger partial charge in [-0.15, -0.1) is 18.1 Å². The number of allylic oxidation sites excluding steroid dienone is 2. The monoisotopic (exact) mass is 647 g/mol. The smallest absolute Gasteiger partial charge is 0.238 e. The molecule has 0 saturated heterocycles. The number of aliphatic hydroxyl groups is 1. The molecule has 1 aromatic heterocycles. The largest absolute Gasteiger partial charge is 0.512 e. The van der Waals surface area contributed by atoms with Gasteiger partial charge in [0.1, 0.15) is 5.69 Å². The van der Waals surface area contributed by atoms with E-state index in [9.17, 15) is 4.79 Å². The van der Waals surface area contributed by atoms with Crippen molar-refractivity contribution in [3.63, 3.8) is 0 Å². The molecule has 2 heterocycles. The van der Waals surface area contributed by atoms with E-state index in [1.807, 2.05) is 13.8 Å². The molecule has 35 heavy (non-hydrogen) atoms. The molecule has 0 saturated carbocycles. The maximum Gasteiger partial charge on any atom is 0.238 e. The summed E-state index contributed by atoms with van der Waals surface area (Å²) < 4.78 is 4.89. The molecule has 1 N–H and O–H groups in total. The summed E-state index contributed by atoms with van der Waals surface area (Å²) in [6, 6.07) is 28.5. The molecule has 1 aliphatic rings. The molecule has 4 aromatic rings. The number of aromatic nitrogens is 2. The molecule has 1 unspecified atom stereocenters. The van der Waals surface area contributed by atoms with Crippen LogP contribution in [0.25, 0.3) is 28.1 Å². The number of benzene rings is 3. The molecule has 0 bridgehead atoms. The van der Waals surface area contributed by atoms with Crippen LogP contribution in [-0.2, 0) is 24.9 Å². The molecule has 5 heteroatoms. The number of rotatable bonds is 2. The van der Waals surface area contributed by atoms with E-state index in [-0.39, 0.29) is 31.6 Å². The van der Waals surface area contributed by atoms with E-state index in [0.717, 1.165) is 0 Å². The number of nitrogens with zero attached hydrogens (tertiary/aromatic N) is 2. The van der Waals surface area contributed by atoms with Crippen molar-refractivity contribution in [1.29, 1.82) is 0 Å². The Morgan fingerprint density at radius 1 is 0.943 bits per heavy atom. The molecule has 0 fully saturated rings. The summed E-state index contributed by atoms with van der Waals surface area (Å²) in [7, 11) is 0. The van der Waals surface area contributed by atoms with Crippen molar-refractivity contribution in [2.75, 3.05) is 0 Å². The Labute approximate surface area is 222 Å². The molecule has 5 rings (SSSR count). The van der Waals surface area contributed by atoms with Gasteiger partial charge in [-0.2, -0.15) is 16.2 Å². The molecule has 185 valence electrons. The van der Waals surface area contributed by atoms with E-state index in [1.165, 1.54) is 59.5 Å². The molecular weight excluding hydrogens is 613 g/mol. The zero-order valence-electron chi connectivity index (χ0n) is 21.2. The summed E-state index contributed by atoms with van der Waals surface area (Å²) >= 11 is 0. The first-order chi connectivity index (χ1) is 16.4. The van der Waals surface area contributed by atoms with Crippen molar-refractivity contribution in [2.24, 2.45) is 0 Å². The van der Waals surface area contributed by atoms with Crippen molar-refractivity contribution in [2.45, 2.75) is 47.6 Å². The van der Waals surface area contributed by atoms with E-state index < -0.39 is 0 Å². The average molecular weight is 647 g/mol. The molecule has 3 aromatic carbocycles. The fourth-order valence-electron chi connectivity index (χ4n) is 4.41. The predicted octanol–water partition coefficient (Wildman–Crippen LogP) is 7.16. The van der Waals surface area contributed by atoms with Gasteiger partial charge in [0, 0.05) is 26.2 Å². The Kier molecular flexibility index (Phi) is 10.1. The molecule has 1 aliphatic heterocycles. The summed E-state index contributed by atoms with van der Waals surface area (Å²) in [5.74, 6) is 2.62. The number of ketones is 1. The molecule has 0 aliphatic carbocycles. The van der Waals surface area contributed by atoms with Gasteiger partial charge < -0.3 is 5.11 Å². The van der Waals surface area contributed by atoms with Gasteiger partial charge in [-0.3, -0.25) is 4.79 Å². The Hall–Kier alpha value is -3.14. The van der Waals surface area contributed by atoms with Crippen LogP contribution in [0.2, 0.25) is 0 Å². The quantitative estimate of drug-likeness (QED) is 0.109.